The number of hydrogen-bond acceptors (Lipinski definition) is 3. The first-order valence-electron chi connectivity index (χ1n) is 6.71. The molecule has 3 aromatic rings. The Morgan fingerprint density at radius 1 is 1.14 bits per heavy atom. The van der Waals surface area contributed by atoms with Crippen LogP contribution in [-0.4, -0.2) is 21.1 Å². The normalized spacial score (nSPS) is 12.7. The maximum Gasteiger partial charge on any atom is 0.200 e. The first-order valence-corrected chi connectivity index (χ1v) is 6.71. The lowest BCUT2D eigenvalue weighted by molar-refractivity contribution is -0.100. The van der Waals surface area contributed by atoms with Crippen LogP contribution in [0.1, 0.15) is 18.9 Å². The molecule has 3 rings (SSSR count). The summed E-state index contributed by atoms with van der Waals surface area (Å²) in [5, 5.41) is 9.80. The Bertz CT molecular complexity index is 753. The Hall–Kier alpha value is -2.24. The summed E-state index contributed by atoms with van der Waals surface area (Å²) in [6.07, 6.45) is 2.59. The number of hydrogen-bond donors (Lipinski definition) is 1. The van der Waals surface area contributed by atoms with Crippen LogP contribution in [0.4, 0.5) is 4.39 Å². The number of aliphatic hydroxyl groups is 1. The van der Waals surface area contributed by atoms with Crippen LogP contribution < -0.4 is 0 Å². The fraction of sp³-hybridized carbons (Fsp3) is 0.188. The third kappa shape index (κ3) is 2.79. The first-order chi connectivity index (χ1) is 10.2. The van der Waals surface area contributed by atoms with Gasteiger partial charge in [0.15, 0.2) is 6.29 Å². The third-order valence-corrected chi connectivity index (χ3v) is 3.22. The van der Waals surface area contributed by atoms with Crippen LogP contribution in [0.25, 0.3) is 16.8 Å². The third-order valence-electron chi connectivity index (χ3n) is 3.22. The Morgan fingerprint density at radius 2 is 1.86 bits per heavy atom. The summed E-state index contributed by atoms with van der Waals surface area (Å²) in [5.74, 6) is -0.260. The maximum absolute atomic E-state index is 13.0. The molecule has 0 spiro atoms. The SMILES string of the molecule is CCOC(O)c1cn2cc(-c3ccc(F)cc3)ccc2n1. The summed E-state index contributed by atoms with van der Waals surface area (Å²) in [6.45, 7) is 2.22. The standard InChI is InChI=1S/C16H15FN2O2/c1-2-21-16(20)14-10-19-9-12(5-8-15(19)18-14)11-3-6-13(17)7-4-11/h3-10,16,20H,2H2,1H3. The van der Waals surface area contributed by atoms with E-state index in [1.807, 2.05) is 29.7 Å². The van der Waals surface area contributed by atoms with E-state index in [1.54, 1.807) is 18.3 Å². The van der Waals surface area contributed by atoms with Crippen molar-refractivity contribution >= 4 is 5.65 Å². The van der Waals surface area contributed by atoms with Crippen LogP contribution in [0, 0.1) is 5.82 Å². The van der Waals surface area contributed by atoms with E-state index in [9.17, 15) is 9.50 Å². The van der Waals surface area contributed by atoms with E-state index in [0.29, 0.717) is 12.3 Å². The Labute approximate surface area is 121 Å². The molecular weight excluding hydrogens is 271 g/mol. The predicted octanol–water partition coefficient (Wildman–Crippen LogP) is 3.17. The molecule has 0 amide bonds. The molecule has 4 nitrogen and oxygen atoms in total. The minimum Gasteiger partial charge on any atom is -0.363 e. The summed E-state index contributed by atoms with van der Waals surface area (Å²) >= 11 is 0. The first kappa shape index (κ1) is 13.7. The van der Waals surface area contributed by atoms with E-state index in [2.05, 4.69) is 4.98 Å². The van der Waals surface area contributed by atoms with Gasteiger partial charge in [-0.1, -0.05) is 12.1 Å². The fourth-order valence-corrected chi connectivity index (χ4v) is 2.19. The number of rotatable bonds is 4. The Balaban J connectivity index is 1.98. The summed E-state index contributed by atoms with van der Waals surface area (Å²) in [5.41, 5.74) is 3.04. The molecule has 0 bridgehead atoms. The quantitative estimate of drug-likeness (QED) is 0.749. The van der Waals surface area contributed by atoms with Gasteiger partial charge in [-0.3, -0.25) is 0 Å². The molecule has 1 unspecified atom stereocenters. The van der Waals surface area contributed by atoms with Gasteiger partial charge in [0.05, 0.1) is 0 Å². The number of aromatic nitrogens is 2. The van der Waals surface area contributed by atoms with Gasteiger partial charge < -0.3 is 14.2 Å². The molecule has 0 aliphatic rings. The number of nitrogens with zero attached hydrogens (tertiary/aromatic N) is 2. The molecule has 0 radical (unpaired) electrons. The highest BCUT2D eigenvalue weighted by molar-refractivity contribution is 5.64. The minimum atomic E-state index is -1.02. The van der Waals surface area contributed by atoms with Crippen LogP contribution in [0.5, 0.6) is 0 Å². The Morgan fingerprint density at radius 3 is 2.57 bits per heavy atom. The number of fused-ring (bicyclic) bond motifs is 1. The molecule has 2 heterocycles. The molecular formula is C16H15FN2O2. The molecule has 1 N–H and O–H groups in total. The zero-order valence-electron chi connectivity index (χ0n) is 11.5. The largest absolute Gasteiger partial charge is 0.363 e. The van der Waals surface area contributed by atoms with Crippen molar-refractivity contribution in [3.05, 3.63) is 60.3 Å². The lowest BCUT2D eigenvalue weighted by atomic mass is 10.1. The fourth-order valence-electron chi connectivity index (χ4n) is 2.19. The molecule has 0 aliphatic carbocycles. The van der Waals surface area contributed by atoms with Crippen LogP contribution in [0.3, 0.4) is 0 Å². The molecule has 0 fully saturated rings. The van der Waals surface area contributed by atoms with E-state index >= 15 is 0 Å². The summed E-state index contributed by atoms with van der Waals surface area (Å²) in [4.78, 5) is 4.31. The maximum atomic E-state index is 13.0. The average molecular weight is 286 g/mol. The molecule has 2 aromatic heterocycles. The van der Waals surface area contributed by atoms with Gasteiger partial charge in [-0.25, -0.2) is 9.37 Å². The Kier molecular flexibility index (Phi) is 3.68. The molecule has 0 saturated carbocycles. The molecule has 0 saturated heterocycles. The zero-order valence-corrected chi connectivity index (χ0v) is 11.5. The van der Waals surface area contributed by atoms with Crippen LogP contribution in [0.2, 0.25) is 0 Å². The van der Waals surface area contributed by atoms with Crippen molar-refractivity contribution in [1.82, 2.24) is 9.38 Å². The highest BCUT2D eigenvalue weighted by atomic mass is 19.1. The van der Waals surface area contributed by atoms with Gasteiger partial charge in [-0.15, -0.1) is 0 Å². The minimum absolute atomic E-state index is 0.260. The lowest BCUT2D eigenvalue weighted by Gasteiger charge is -2.05. The number of benzene rings is 1. The van der Waals surface area contributed by atoms with Gasteiger partial charge in [-0.2, -0.15) is 0 Å². The second kappa shape index (κ2) is 5.63. The van der Waals surface area contributed by atoms with E-state index in [1.165, 1.54) is 12.1 Å². The number of halogens is 1. The summed E-state index contributed by atoms with van der Waals surface area (Å²) in [6, 6.07) is 10.1. The van der Waals surface area contributed by atoms with E-state index in [4.69, 9.17) is 4.74 Å². The van der Waals surface area contributed by atoms with Gasteiger partial charge in [0.2, 0.25) is 0 Å². The smallest absolute Gasteiger partial charge is 0.200 e. The molecule has 1 aromatic carbocycles. The van der Waals surface area contributed by atoms with Gasteiger partial charge in [0, 0.05) is 19.0 Å². The summed E-state index contributed by atoms with van der Waals surface area (Å²) in [7, 11) is 0. The molecule has 0 aliphatic heterocycles. The van der Waals surface area contributed by atoms with Crippen molar-refractivity contribution in [3.63, 3.8) is 0 Å². The monoisotopic (exact) mass is 286 g/mol. The number of imidazole rings is 1. The van der Waals surface area contributed by atoms with Crippen molar-refractivity contribution in [2.75, 3.05) is 6.61 Å². The molecule has 1 atom stereocenters. The van der Waals surface area contributed by atoms with Crippen LogP contribution in [0.15, 0.2) is 48.8 Å². The number of pyridine rings is 1. The topological polar surface area (TPSA) is 46.8 Å². The zero-order chi connectivity index (χ0) is 14.8. The highest BCUT2D eigenvalue weighted by Crippen LogP contribution is 2.22. The van der Waals surface area contributed by atoms with Gasteiger partial charge in [-0.05, 0) is 42.3 Å². The van der Waals surface area contributed by atoms with Crippen LogP contribution >= 0.6 is 0 Å². The second-order valence-corrected chi connectivity index (χ2v) is 4.66. The molecule has 21 heavy (non-hydrogen) atoms. The van der Waals surface area contributed by atoms with Crippen molar-refractivity contribution in [2.45, 2.75) is 13.2 Å². The van der Waals surface area contributed by atoms with Gasteiger partial charge >= 0.3 is 0 Å². The van der Waals surface area contributed by atoms with E-state index in [0.717, 1.165) is 16.8 Å². The van der Waals surface area contributed by atoms with Crippen LogP contribution in [-0.2, 0) is 4.74 Å². The second-order valence-electron chi connectivity index (χ2n) is 4.66. The highest BCUT2D eigenvalue weighted by Gasteiger charge is 2.12. The van der Waals surface area contributed by atoms with Crippen molar-refractivity contribution in [2.24, 2.45) is 0 Å². The number of aliphatic hydroxyl groups excluding tert-OH is 1. The van der Waals surface area contributed by atoms with Crippen molar-refractivity contribution < 1.29 is 14.2 Å². The van der Waals surface area contributed by atoms with Crippen molar-refractivity contribution in [3.8, 4) is 11.1 Å². The summed E-state index contributed by atoms with van der Waals surface area (Å²) < 4.78 is 19.9. The van der Waals surface area contributed by atoms with E-state index in [-0.39, 0.29) is 5.82 Å². The number of ether oxygens (including phenoxy) is 1. The van der Waals surface area contributed by atoms with Crippen molar-refractivity contribution in [1.29, 1.82) is 0 Å². The van der Waals surface area contributed by atoms with Gasteiger partial charge in [0.25, 0.3) is 0 Å². The average Bonchev–Trinajstić information content (AvgIpc) is 2.91. The van der Waals surface area contributed by atoms with E-state index < -0.39 is 6.29 Å². The predicted molar refractivity (Wildman–Crippen MR) is 77.2 cm³/mol. The molecule has 108 valence electrons. The van der Waals surface area contributed by atoms with Gasteiger partial charge in [0.1, 0.15) is 17.2 Å². The molecule has 5 heteroatoms. The lowest BCUT2D eigenvalue weighted by Crippen LogP contribution is -2.02.